The van der Waals surface area contributed by atoms with Crippen LogP contribution in [0.15, 0.2) is 18.2 Å². The predicted molar refractivity (Wildman–Crippen MR) is 95.9 cm³/mol. The first-order chi connectivity index (χ1) is 11.6. The summed E-state index contributed by atoms with van der Waals surface area (Å²) < 4.78 is 5.87. The zero-order valence-electron chi connectivity index (χ0n) is 15.1. The third kappa shape index (κ3) is 4.50. The molecule has 4 nitrogen and oxygen atoms in total. The van der Waals surface area contributed by atoms with Crippen LogP contribution >= 0.6 is 0 Å². The van der Waals surface area contributed by atoms with Crippen molar-refractivity contribution in [1.82, 2.24) is 9.80 Å². The highest BCUT2D eigenvalue weighted by Gasteiger charge is 2.21. The molecule has 0 saturated carbocycles. The van der Waals surface area contributed by atoms with E-state index in [0.29, 0.717) is 32.0 Å². The van der Waals surface area contributed by atoms with Crippen LogP contribution < -0.4 is 4.74 Å². The van der Waals surface area contributed by atoms with Crippen molar-refractivity contribution in [2.75, 3.05) is 26.2 Å². The zero-order chi connectivity index (χ0) is 16.9. The standard InChI is InChI=1S/C20H30N2O2/c1-16(2)12-20(23)22-10-11-24-19-7-6-17(13-18(19)15-22)14-21-8-4-3-5-9-21/h6-7,13,16H,3-5,8-12,14-15H2,1-2H3. The number of carbonyl (C=O) groups excluding carboxylic acids is 1. The summed E-state index contributed by atoms with van der Waals surface area (Å²) in [5.41, 5.74) is 2.48. The highest BCUT2D eigenvalue weighted by Crippen LogP contribution is 2.26. The number of likely N-dealkylation sites (tertiary alicyclic amines) is 1. The van der Waals surface area contributed by atoms with Crippen LogP contribution in [0.3, 0.4) is 0 Å². The van der Waals surface area contributed by atoms with Crippen LogP contribution in [0.1, 0.15) is 50.7 Å². The van der Waals surface area contributed by atoms with Crippen LogP contribution in [0.25, 0.3) is 0 Å². The van der Waals surface area contributed by atoms with Gasteiger partial charge in [0.15, 0.2) is 0 Å². The molecule has 0 atom stereocenters. The molecule has 0 aromatic heterocycles. The van der Waals surface area contributed by atoms with E-state index in [0.717, 1.165) is 17.9 Å². The minimum Gasteiger partial charge on any atom is -0.491 e. The first kappa shape index (κ1) is 17.3. The van der Waals surface area contributed by atoms with Crippen molar-refractivity contribution in [3.05, 3.63) is 29.3 Å². The van der Waals surface area contributed by atoms with Crippen LogP contribution in [0, 0.1) is 5.92 Å². The van der Waals surface area contributed by atoms with Gasteiger partial charge in [0.25, 0.3) is 0 Å². The number of amides is 1. The molecule has 0 N–H and O–H groups in total. The van der Waals surface area contributed by atoms with E-state index >= 15 is 0 Å². The summed E-state index contributed by atoms with van der Waals surface area (Å²) in [5.74, 6) is 1.58. The maximum Gasteiger partial charge on any atom is 0.223 e. The van der Waals surface area contributed by atoms with Gasteiger partial charge in [-0.3, -0.25) is 9.69 Å². The SMILES string of the molecule is CC(C)CC(=O)N1CCOc2ccc(CN3CCCCC3)cc2C1. The van der Waals surface area contributed by atoms with Gasteiger partial charge in [-0.1, -0.05) is 26.3 Å². The van der Waals surface area contributed by atoms with E-state index in [1.165, 1.54) is 37.9 Å². The molecule has 3 rings (SSSR count). The van der Waals surface area contributed by atoms with Crippen LogP contribution in [0.2, 0.25) is 0 Å². The van der Waals surface area contributed by atoms with Crippen LogP contribution in [-0.4, -0.2) is 41.9 Å². The number of hydrogen-bond acceptors (Lipinski definition) is 3. The zero-order valence-corrected chi connectivity index (χ0v) is 15.1. The summed E-state index contributed by atoms with van der Waals surface area (Å²) in [5, 5.41) is 0. The Balaban J connectivity index is 1.70. The molecule has 1 saturated heterocycles. The van der Waals surface area contributed by atoms with Gasteiger partial charge in [-0.2, -0.15) is 0 Å². The smallest absolute Gasteiger partial charge is 0.223 e. The van der Waals surface area contributed by atoms with E-state index in [4.69, 9.17) is 4.74 Å². The minimum absolute atomic E-state index is 0.239. The maximum absolute atomic E-state index is 12.4. The van der Waals surface area contributed by atoms with E-state index in [1.54, 1.807) is 0 Å². The molecule has 0 unspecified atom stereocenters. The van der Waals surface area contributed by atoms with Gasteiger partial charge in [-0.25, -0.2) is 0 Å². The van der Waals surface area contributed by atoms with Crippen molar-refractivity contribution >= 4 is 5.91 Å². The van der Waals surface area contributed by atoms with E-state index in [-0.39, 0.29) is 5.91 Å². The topological polar surface area (TPSA) is 32.8 Å². The quantitative estimate of drug-likeness (QED) is 0.848. The van der Waals surface area contributed by atoms with Crippen molar-refractivity contribution in [3.63, 3.8) is 0 Å². The number of piperidine rings is 1. The molecule has 0 bridgehead atoms. The van der Waals surface area contributed by atoms with Crippen LogP contribution in [0.5, 0.6) is 5.75 Å². The van der Waals surface area contributed by atoms with Gasteiger partial charge in [0.05, 0.1) is 6.54 Å². The van der Waals surface area contributed by atoms with Crippen molar-refractivity contribution in [2.45, 2.75) is 52.6 Å². The van der Waals surface area contributed by atoms with Gasteiger partial charge in [-0.15, -0.1) is 0 Å². The Kier molecular flexibility index (Phi) is 5.77. The molecule has 0 aliphatic carbocycles. The lowest BCUT2D eigenvalue weighted by Gasteiger charge is -2.26. The number of rotatable bonds is 4. The summed E-state index contributed by atoms with van der Waals surface area (Å²) in [7, 11) is 0. The molecule has 0 spiro atoms. The largest absolute Gasteiger partial charge is 0.491 e. The molecular weight excluding hydrogens is 300 g/mol. The molecule has 0 radical (unpaired) electrons. The Morgan fingerprint density at radius 1 is 1.17 bits per heavy atom. The molecule has 4 heteroatoms. The fraction of sp³-hybridized carbons (Fsp3) is 0.650. The molecule has 1 aromatic carbocycles. The normalized spacial score (nSPS) is 18.9. The second kappa shape index (κ2) is 8.02. The first-order valence-electron chi connectivity index (χ1n) is 9.36. The second-order valence-corrected chi connectivity index (χ2v) is 7.54. The number of benzene rings is 1. The molecule has 2 aliphatic heterocycles. The Morgan fingerprint density at radius 2 is 1.96 bits per heavy atom. The molecular formula is C20H30N2O2. The lowest BCUT2D eigenvalue weighted by molar-refractivity contribution is -0.132. The molecule has 1 fully saturated rings. The molecule has 24 heavy (non-hydrogen) atoms. The molecule has 1 amide bonds. The van der Waals surface area contributed by atoms with Crippen LogP contribution in [0.4, 0.5) is 0 Å². The summed E-state index contributed by atoms with van der Waals surface area (Å²) in [6.45, 7) is 9.54. The van der Waals surface area contributed by atoms with Crippen LogP contribution in [-0.2, 0) is 17.9 Å². The number of nitrogens with zero attached hydrogens (tertiary/aromatic N) is 2. The van der Waals surface area contributed by atoms with E-state index in [9.17, 15) is 4.79 Å². The summed E-state index contributed by atoms with van der Waals surface area (Å²) in [6, 6.07) is 6.51. The number of carbonyl (C=O) groups is 1. The predicted octanol–water partition coefficient (Wildman–Crippen LogP) is 3.44. The summed E-state index contributed by atoms with van der Waals surface area (Å²) >= 11 is 0. The van der Waals surface area contributed by atoms with E-state index < -0.39 is 0 Å². The van der Waals surface area contributed by atoms with Gasteiger partial charge >= 0.3 is 0 Å². The Labute approximate surface area is 145 Å². The van der Waals surface area contributed by atoms with Crippen molar-refractivity contribution in [2.24, 2.45) is 5.92 Å². The van der Waals surface area contributed by atoms with E-state index in [1.807, 2.05) is 4.90 Å². The molecule has 132 valence electrons. The first-order valence-corrected chi connectivity index (χ1v) is 9.36. The highest BCUT2D eigenvalue weighted by molar-refractivity contribution is 5.76. The van der Waals surface area contributed by atoms with E-state index in [2.05, 4.69) is 36.9 Å². The Bertz CT molecular complexity index is 565. The average molecular weight is 330 g/mol. The van der Waals surface area contributed by atoms with Crippen molar-refractivity contribution < 1.29 is 9.53 Å². The monoisotopic (exact) mass is 330 g/mol. The van der Waals surface area contributed by atoms with Gasteiger partial charge in [0.1, 0.15) is 12.4 Å². The van der Waals surface area contributed by atoms with Gasteiger partial charge < -0.3 is 9.64 Å². The maximum atomic E-state index is 12.4. The van der Waals surface area contributed by atoms with Crippen molar-refractivity contribution in [3.8, 4) is 5.75 Å². The molecule has 2 heterocycles. The van der Waals surface area contributed by atoms with Gasteiger partial charge in [0.2, 0.25) is 5.91 Å². The average Bonchev–Trinajstić information content (AvgIpc) is 2.77. The van der Waals surface area contributed by atoms with Crippen molar-refractivity contribution in [1.29, 1.82) is 0 Å². The fourth-order valence-electron chi connectivity index (χ4n) is 3.61. The van der Waals surface area contributed by atoms with Gasteiger partial charge in [-0.05, 0) is 49.5 Å². The summed E-state index contributed by atoms with van der Waals surface area (Å²) in [4.78, 5) is 16.9. The second-order valence-electron chi connectivity index (χ2n) is 7.54. The molecule has 1 aromatic rings. The lowest BCUT2D eigenvalue weighted by atomic mass is 10.1. The van der Waals surface area contributed by atoms with Gasteiger partial charge in [0, 0.05) is 25.1 Å². The number of hydrogen-bond donors (Lipinski definition) is 0. The fourth-order valence-corrected chi connectivity index (χ4v) is 3.61. The third-order valence-corrected chi connectivity index (χ3v) is 4.90. The lowest BCUT2D eigenvalue weighted by Crippen LogP contribution is -2.33. The summed E-state index contributed by atoms with van der Waals surface area (Å²) in [6.07, 6.45) is 4.60. The highest BCUT2D eigenvalue weighted by atomic mass is 16.5. The number of fused-ring (bicyclic) bond motifs is 1. The molecule has 2 aliphatic rings. The Morgan fingerprint density at radius 3 is 2.71 bits per heavy atom. The number of ether oxygens (including phenoxy) is 1. The Hall–Kier alpha value is -1.55. The third-order valence-electron chi connectivity index (χ3n) is 4.90. The minimum atomic E-state index is 0.239.